The Morgan fingerprint density at radius 2 is 1.58 bits per heavy atom. The molecule has 1 N–H and O–H groups in total. The van der Waals surface area contributed by atoms with Crippen LogP contribution < -0.4 is 5.32 Å². The predicted octanol–water partition coefficient (Wildman–Crippen LogP) is 6.14. The monoisotopic (exact) mass is 446 g/mol. The van der Waals surface area contributed by atoms with Gasteiger partial charge in [-0.15, -0.1) is 0 Å². The second kappa shape index (κ2) is 8.54. The summed E-state index contributed by atoms with van der Waals surface area (Å²) >= 11 is 0. The molecule has 3 nitrogen and oxygen atoms in total. The lowest BCUT2D eigenvalue weighted by atomic mass is 9.48. The summed E-state index contributed by atoms with van der Waals surface area (Å²) in [7, 11) is 0. The third-order valence-electron chi connectivity index (χ3n) is 9.00. The van der Waals surface area contributed by atoms with Crippen LogP contribution in [0.15, 0.2) is 48.5 Å². The van der Waals surface area contributed by atoms with E-state index in [0.717, 1.165) is 61.5 Å². The van der Waals surface area contributed by atoms with Crippen molar-refractivity contribution in [1.82, 2.24) is 4.90 Å². The van der Waals surface area contributed by atoms with Gasteiger partial charge in [-0.3, -0.25) is 9.69 Å². The summed E-state index contributed by atoms with van der Waals surface area (Å²) in [5, 5.41) is 3.19. The van der Waals surface area contributed by atoms with Crippen LogP contribution in [0.3, 0.4) is 0 Å². The first-order chi connectivity index (χ1) is 16.0. The molecule has 2 aromatic rings. The third kappa shape index (κ3) is 4.35. The van der Waals surface area contributed by atoms with Gasteiger partial charge in [0.2, 0.25) is 5.91 Å². The normalized spacial score (nSPS) is 33.2. The Hall–Kier alpha value is -2.20. The van der Waals surface area contributed by atoms with Gasteiger partial charge in [-0.05, 0) is 116 Å². The standard InChI is InChI=1S/C29H35FN2O/c30-26-7-3-20(4-8-26)18-32-11-1-2-24(19-32)28(33)31-27-9-5-25(6-10-27)29-15-21-12-22(16-29)14-23(13-21)17-29/h3-10,21-24H,1-2,11-19H2,(H,31,33)/t21?,22?,23?,24-,29?/m1/s1. The van der Waals surface area contributed by atoms with Crippen molar-refractivity contribution in [3.63, 3.8) is 0 Å². The summed E-state index contributed by atoms with van der Waals surface area (Å²) in [5.41, 5.74) is 3.92. The van der Waals surface area contributed by atoms with Crippen LogP contribution in [0.4, 0.5) is 10.1 Å². The number of likely N-dealkylation sites (tertiary alicyclic amines) is 1. The Balaban J connectivity index is 1.08. The number of amides is 1. The second-order valence-corrected chi connectivity index (χ2v) is 11.5. The number of carbonyl (C=O) groups excluding carboxylic acids is 1. The van der Waals surface area contributed by atoms with Gasteiger partial charge in [0.05, 0.1) is 5.92 Å². The maximum atomic E-state index is 13.2. The van der Waals surface area contributed by atoms with E-state index >= 15 is 0 Å². The van der Waals surface area contributed by atoms with Gasteiger partial charge in [0.15, 0.2) is 0 Å². The highest BCUT2D eigenvalue weighted by Crippen LogP contribution is 2.60. The highest BCUT2D eigenvalue weighted by atomic mass is 19.1. The molecule has 0 spiro atoms. The molecule has 0 unspecified atom stereocenters. The molecule has 5 fully saturated rings. The highest BCUT2D eigenvalue weighted by Gasteiger charge is 2.51. The van der Waals surface area contributed by atoms with Gasteiger partial charge in [-0.1, -0.05) is 24.3 Å². The number of hydrogen-bond donors (Lipinski definition) is 1. The van der Waals surface area contributed by atoms with Gasteiger partial charge in [0.1, 0.15) is 5.82 Å². The van der Waals surface area contributed by atoms with Crippen molar-refractivity contribution < 1.29 is 9.18 Å². The smallest absolute Gasteiger partial charge is 0.228 e. The first-order valence-corrected chi connectivity index (χ1v) is 12.9. The van der Waals surface area contributed by atoms with Crippen molar-refractivity contribution in [3.8, 4) is 0 Å². The van der Waals surface area contributed by atoms with Gasteiger partial charge in [0.25, 0.3) is 0 Å². The summed E-state index contributed by atoms with van der Waals surface area (Å²) < 4.78 is 13.2. The minimum Gasteiger partial charge on any atom is -0.326 e. The Kier molecular flexibility index (Phi) is 5.52. The quantitative estimate of drug-likeness (QED) is 0.598. The van der Waals surface area contributed by atoms with Crippen LogP contribution in [0, 0.1) is 29.5 Å². The fraction of sp³-hybridized carbons (Fsp3) is 0.552. The largest absolute Gasteiger partial charge is 0.326 e. The van der Waals surface area contributed by atoms with Crippen molar-refractivity contribution in [2.75, 3.05) is 18.4 Å². The fourth-order valence-electron chi connectivity index (χ4n) is 7.88. The van der Waals surface area contributed by atoms with Crippen LogP contribution in [0.1, 0.15) is 62.5 Å². The van der Waals surface area contributed by atoms with Gasteiger partial charge >= 0.3 is 0 Å². The SMILES string of the molecule is O=C(Nc1ccc(C23CC4CC(CC(C4)C2)C3)cc1)[C@@H]1CCCN(Cc2ccc(F)cc2)C1. The number of piperidine rings is 1. The van der Waals surface area contributed by atoms with Crippen LogP contribution in [-0.2, 0) is 16.8 Å². The molecular formula is C29H35FN2O. The average molecular weight is 447 g/mol. The number of nitrogens with zero attached hydrogens (tertiary/aromatic N) is 1. The van der Waals surface area contributed by atoms with Gasteiger partial charge in [0, 0.05) is 18.8 Å². The van der Waals surface area contributed by atoms with E-state index < -0.39 is 0 Å². The zero-order valence-electron chi connectivity index (χ0n) is 19.4. The lowest BCUT2D eigenvalue weighted by Gasteiger charge is -2.57. The van der Waals surface area contributed by atoms with E-state index in [1.165, 1.54) is 56.2 Å². The molecule has 5 aliphatic rings. The number of halogens is 1. The minimum absolute atomic E-state index is 0.00188. The molecule has 0 aromatic heterocycles. The molecule has 33 heavy (non-hydrogen) atoms. The van der Waals surface area contributed by atoms with Crippen LogP contribution in [-0.4, -0.2) is 23.9 Å². The summed E-state index contributed by atoms with van der Waals surface area (Å²) in [6, 6.07) is 15.5. The highest BCUT2D eigenvalue weighted by molar-refractivity contribution is 5.92. The minimum atomic E-state index is -0.205. The van der Waals surface area contributed by atoms with E-state index in [1.807, 2.05) is 12.1 Å². The predicted molar refractivity (Wildman–Crippen MR) is 129 cm³/mol. The number of rotatable bonds is 5. The second-order valence-electron chi connectivity index (χ2n) is 11.5. The summed E-state index contributed by atoms with van der Waals surface area (Å²) in [4.78, 5) is 15.3. The molecule has 1 heterocycles. The Bertz CT molecular complexity index is 964. The van der Waals surface area contributed by atoms with Crippen LogP contribution in [0.5, 0.6) is 0 Å². The molecular weight excluding hydrogens is 411 g/mol. The number of anilines is 1. The maximum Gasteiger partial charge on any atom is 0.228 e. The van der Waals surface area contributed by atoms with E-state index in [4.69, 9.17) is 0 Å². The van der Waals surface area contributed by atoms with Gasteiger partial charge in [-0.25, -0.2) is 4.39 Å². The molecule has 1 amide bonds. The first-order valence-electron chi connectivity index (χ1n) is 12.9. The molecule has 0 radical (unpaired) electrons. The van der Waals surface area contributed by atoms with Crippen molar-refractivity contribution in [2.24, 2.45) is 23.7 Å². The Labute approximate surface area is 196 Å². The summed E-state index contributed by atoms with van der Waals surface area (Å²) in [6.45, 7) is 2.51. The zero-order valence-corrected chi connectivity index (χ0v) is 19.4. The van der Waals surface area contributed by atoms with Crippen molar-refractivity contribution in [2.45, 2.75) is 63.3 Å². The summed E-state index contributed by atoms with van der Waals surface area (Å²) in [6.07, 6.45) is 10.5. The molecule has 174 valence electrons. The molecule has 4 saturated carbocycles. The molecule has 4 aliphatic carbocycles. The molecule has 1 saturated heterocycles. The van der Waals surface area contributed by atoms with E-state index in [0.29, 0.717) is 5.41 Å². The molecule has 1 atom stereocenters. The Morgan fingerprint density at radius 3 is 2.21 bits per heavy atom. The summed E-state index contributed by atoms with van der Waals surface area (Å²) in [5.74, 6) is 2.76. The average Bonchev–Trinajstić information content (AvgIpc) is 2.80. The number of hydrogen-bond acceptors (Lipinski definition) is 2. The lowest BCUT2D eigenvalue weighted by molar-refractivity contribution is -0.121. The Morgan fingerprint density at radius 1 is 0.939 bits per heavy atom. The van der Waals surface area contributed by atoms with Gasteiger partial charge < -0.3 is 5.32 Å². The molecule has 7 rings (SSSR count). The van der Waals surface area contributed by atoms with E-state index in [2.05, 4.69) is 34.5 Å². The number of benzene rings is 2. The van der Waals surface area contributed by atoms with Crippen molar-refractivity contribution in [3.05, 3.63) is 65.5 Å². The molecule has 1 aliphatic heterocycles. The molecule has 4 bridgehead atoms. The van der Waals surface area contributed by atoms with E-state index in [9.17, 15) is 9.18 Å². The lowest BCUT2D eigenvalue weighted by Crippen LogP contribution is -2.48. The fourth-order valence-corrected chi connectivity index (χ4v) is 7.88. The maximum absolute atomic E-state index is 13.2. The van der Waals surface area contributed by atoms with Crippen LogP contribution in [0.25, 0.3) is 0 Å². The van der Waals surface area contributed by atoms with Crippen LogP contribution >= 0.6 is 0 Å². The number of carbonyl (C=O) groups is 1. The van der Waals surface area contributed by atoms with Crippen molar-refractivity contribution >= 4 is 11.6 Å². The number of nitrogens with one attached hydrogen (secondary N) is 1. The van der Waals surface area contributed by atoms with Crippen LogP contribution in [0.2, 0.25) is 0 Å². The van der Waals surface area contributed by atoms with E-state index in [-0.39, 0.29) is 17.6 Å². The molecule has 4 heteroatoms. The zero-order chi connectivity index (χ0) is 22.4. The topological polar surface area (TPSA) is 32.3 Å². The van der Waals surface area contributed by atoms with Gasteiger partial charge in [-0.2, -0.15) is 0 Å². The first kappa shape index (κ1) is 21.3. The molecule has 2 aromatic carbocycles. The third-order valence-corrected chi connectivity index (χ3v) is 9.00. The van der Waals surface area contributed by atoms with Crippen molar-refractivity contribution in [1.29, 1.82) is 0 Å². The van der Waals surface area contributed by atoms with E-state index in [1.54, 1.807) is 0 Å².